The van der Waals surface area contributed by atoms with Crippen LogP contribution in [0.1, 0.15) is 12.0 Å². The fourth-order valence-corrected chi connectivity index (χ4v) is 3.56. The van der Waals surface area contributed by atoms with Gasteiger partial charge in [-0.1, -0.05) is 42.5 Å². The van der Waals surface area contributed by atoms with E-state index in [-0.39, 0.29) is 30.0 Å². The van der Waals surface area contributed by atoms with Crippen LogP contribution >= 0.6 is 0 Å². The van der Waals surface area contributed by atoms with Crippen LogP contribution < -0.4 is 15.4 Å². The van der Waals surface area contributed by atoms with Crippen molar-refractivity contribution in [3.8, 4) is 5.75 Å². The molecular formula is C21H25F2N3O3. The molecule has 0 saturated carbocycles. The number of aliphatic hydroxyl groups excluding tert-OH is 1. The molecule has 2 atom stereocenters. The highest BCUT2D eigenvalue weighted by molar-refractivity contribution is 5.91. The lowest BCUT2D eigenvalue weighted by molar-refractivity contribution is -0.0493. The Morgan fingerprint density at radius 1 is 1.17 bits per heavy atom. The van der Waals surface area contributed by atoms with Crippen molar-refractivity contribution in [2.75, 3.05) is 25.0 Å². The number of piperidine rings is 1. The summed E-state index contributed by atoms with van der Waals surface area (Å²) < 4.78 is 29.5. The van der Waals surface area contributed by atoms with Crippen LogP contribution in [0.4, 0.5) is 19.3 Å². The number of ether oxygens (including phenoxy) is 1. The first-order valence-corrected chi connectivity index (χ1v) is 9.53. The van der Waals surface area contributed by atoms with Crippen LogP contribution in [0.3, 0.4) is 0 Å². The molecule has 0 spiro atoms. The molecule has 2 aromatic carbocycles. The molecule has 1 aliphatic rings. The number of hydrogen-bond donors (Lipinski definition) is 3. The SMILES string of the molecule is O=C(Nc1ccccc1OC(F)F)NC1CCN(Cc2ccccc2)CC1CO. The van der Waals surface area contributed by atoms with E-state index in [0.717, 1.165) is 13.1 Å². The molecule has 1 saturated heterocycles. The fraction of sp³-hybridized carbons (Fsp3) is 0.381. The third-order valence-electron chi connectivity index (χ3n) is 4.97. The van der Waals surface area contributed by atoms with Gasteiger partial charge in [0.05, 0.1) is 5.69 Å². The highest BCUT2D eigenvalue weighted by atomic mass is 19.3. The fourth-order valence-electron chi connectivity index (χ4n) is 3.56. The smallest absolute Gasteiger partial charge is 0.387 e. The van der Waals surface area contributed by atoms with Gasteiger partial charge in [0.2, 0.25) is 0 Å². The summed E-state index contributed by atoms with van der Waals surface area (Å²) in [6.45, 7) is -0.813. The van der Waals surface area contributed by atoms with E-state index in [1.807, 2.05) is 18.2 Å². The van der Waals surface area contributed by atoms with Gasteiger partial charge in [0.15, 0.2) is 0 Å². The van der Waals surface area contributed by atoms with E-state index in [4.69, 9.17) is 0 Å². The Balaban J connectivity index is 1.55. The molecule has 1 aliphatic heterocycles. The number of alkyl halides is 2. The predicted molar refractivity (Wildman–Crippen MR) is 106 cm³/mol. The van der Waals surface area contributed by atoms with E-state index in [9.17, 15) is 18.7 Å². The number of nitrogens with zero attached hydrogens (tertiary/aromatic N) is 1. The van der Waals surface area contributed by atoms with Crippen LogP contribution in [0.25, 0.3) is 0 Å². The second-order valence-corrected chi connectivity index (χ2v) is 7.03. The molecule has 156 valence electrons. The zero-order chi connectivity index (χ0) is 20.6. The minimum atomic E-state index is -2.98. The van der Waals surface area contributed by atoms with E-state index in [1.165, 1.54) is 17.7 Å². The van der Waals surface area contributed by atoms with Gasteiger partial charge in [0.1, 0.15) is 5.75 Å². The van der Waals surface area contributed by atoms with E-state index in [0.29, 0.717) is 13.0 Å². The van der Waals surface area contributed by atoms with Crippen molar-refractivity contribution in [1.29, 1.82) is 0 Å². The topological polar surface area (TPSA) is 73.8 Å². The van der Waals surface area contributed by atoms with Gasteiger partial charge in [-0.15, -0.1) is 0 Å². The number of carbonyl (C=O) groups excluding carboxylic acids is 1. The molecule has 8 heteroatoms. The van der Waals surface area contributed by atoms with E-state index >= 15 is 0 Å². The average molecular weight is 405 g/mol. The normalized spacial score (nSPS) is 19.7. The van der Waals surface area contributed by atoms with Gasteiger partial charge in [-0.05, 0) is 24.1 Å². The van der Waals surface area contributed by atoms with Gasteiger partial charge in [0, 0.05) is 38.2 Å². The van der Waals surface area contributed by atoms with Crippen molar-refractivity contribution in [3.63, 3.8) is 0 Å². The molecule has 1 heterocycles. The molecule has 0 aromatic heterocycles. The number of carbonyl (C=O) groups is 1. The number of para-hydroxylation sites is 2. The Bertz CT molecular complexity index is 792. The summed E-state index contributed by atoms with van der Waals surface area (Å²) in [7, 11) is 0. The molecule has 3 N–H and O–H groups in total. The van der Waals surface area contributed by atoms with Crippen LogP contribution in [0, 0.1) is 5.92 Å². The van der Waals surface area contributed by atoms with E-state index in [1.54, 1.807) is 12.1 Å². The Morgan fingerprint density at radius 3 is 2.62 bits per heavy atom. The number of urea groups is 1. The van der Waals surface area contributed by atoms with Crippen molar-refractivity contribution in [1.82, 2.24) is 10.2 Å². The molecule has 1 fully saturated rings. The van der Waals surface area contributed by atoms with Crippen LogP contribution in [0.15, 0.2) is 54.6 Å². The van der Waals surface area contributed by atoms with Crippen molar-refractivity contribution < 1.29 is 23.4 Å². The Labute approximate surface area is 168 Å². The molecular weight excluding hydrogens is 380 g/mol. The maximum absolute atomic E-state index is 12.5. The highest BCUT2D eigenvalue weighted by Gasteiger charge is 2.30. The van der Waals surface area contributed by atoms with Gasteiger partial charge < -0.3 is 20.5 Å². The summed E-state index contributed by atoms with van der Waals surface area (Å²) in [6.07, 6.45) is 0.681. The van der Waals surface area contributed by atoms with Gasteiger partial charge in [-0.2, -0.15) is 8.78 Å². The highest BCUT2D eigenvalue weighted by Crippen LogP contribution is 2.26. The minimum Gasteiger partial charge on any atom is -0.433 e. The van der Waals surface area contributed by atoms with Crippen LogP contribution in [0.2, 0.25) is 0 Å². The molecule has 2 unspecified atom stereocenters. The number of hydrogen-bond acceptors (Lipinski definition) is 4. The number of aliphatic hydroxyl groups is 1. The van der Waals surface area contributed by atoms with Gasteiger partial charge >= 0.3 is 12.6 Å². The first-order valence-electron chi connectivity index (χ1n) is 9.53. The third-order valence-corrected chi connectivity index (χ3v) is 4.97. The quantitative estimate of drug-likeness (QED) is 0.661. The van der Waals surface area contributed by atoms with Crippen molar-refractivity contribution in [2.24, 2.45) is 5.92 Å². The van der Waals surface area contributed by atoms with Gasteiger partial charge in [0.25, 0.3) is 0 Å². The first kappa shape index (κ1) is 21.0. The second-order valence-electron chi connectivity index (χ2n) is 7.03. The molecule has 2 aromatic rings. The minimum absolute atomic E-state index is 0.0542. The van der Waals surface area contributed by atoms with Gasteiger partial charge in [-0.25, -0.2) is 4.79 Å². The number of likely N-dealkylation sites (tertiary alicyclic amines) is 1. The summed E-state index contributed by atoms with van der Waals surface area (Å²) in [5.41, 5.74) is 1.36. The number of anilines is 1. The molecule has 2 amide bonds. The first-order chi connectivity index (χ1) is 14.0. The summed E-state index contributed by atoms with van der Waals surface area (Å²) >= 11 is 0. The number of halogens is 2. The van der Waals surface area contributed by atoms with Crippen molar-refractivity contribution in [2.45, 2.75) is 25.6 Å². The zero-order valence-corrected chi connectivity index (χ0v) is 15.9. The van der Waals surface area contributed by atoms with E-state index in [2.05, 4.69) is 32.4 Å². The maximum Gasteiger partial charge on any atom is 0.387 e. The molecule has 3 rings (SSSR count). The summed E-state index contributed by atoms with van der Waals surface area (Å²) in [5, 5.41) is 15.2. The van der Waals surface area contributed by atoms with Crippen LogP contribution in [0.5, 0.6) is 5.75 Å². The monoisotopic (exact) mass is 405 g/mol. The van der Waals surface area contributed by atoms with Crippen molar-refractivity contribution >= 4 is 11.7 Å². The number of rotatable bonds is 7. The summed E-state index contributed by atoms with van der Waals surface area (Å²) in [4.78, 5) is 14.6. The maximum atomic E-state index is 12.5. The zero-order valence-electron chi connectivity index (χ0n) is 15.9. The lowest BCUT2D eigenvalue weighted by Gasteiger charge is -2.38. The molecule has 29 heavy (non-hydrogen) atoms. The Morgan fingerprint density at radius 2 is 1.90 bits per heavy atom. The molecule has 0 aliphatic carbocycles. The number of amides is 2. The number of benzene rings is 2. The molecule has 6 nitrogen and oxygen atoms in total. The number of nitrogens with one attached hydrogen (secondary N) is 2. The molecule has 0 bridgehead atoms. The molecule has 0 radical (unpaired) electrons. The van der Waals surface area contributed by atoms with E-state index < -0.39 is 12.6 Å². The lowest BCUT2D eigenvalue weighted by Crippen LogP contribution is -2.52. The Kier molecular flexibility index (Phi) is 7.37. The van der Waals surface area contributed by atoms with Crippen LogP contribution in [-0.2, 0) is 6.54 Å². The third kappa shape index (κ3) is 6.13. The largest absolute Gasteiger partial charge is 0.433 e. The summed E-state index contributed by atoms with van der Waals surface area (Å²) in [5.74, 6) is -0.222. The summed E-state index contributed by atoms with van der Waals surface area (Å²) in [6, 6.07) is 15.4. The predicted octanol–water partition coefficient (Wildman–Crippen LogP) is 3.29. The standard InChI is InChI=1S/C21H25F2N3O3/c22-20(23)29-19-9-5-4-8-18(19)25-21(28)24-17-10-11-26(13-16(17)14-27)12-15-6-2-1-3-7-15/h1-9,16-17,20,27H,10-14H2,(H2,24,25,28). The van der Waals surface area contributed by atoms with Gasteiger partial charge in [-0.3, -0.25) is 4.90 Å². The average Bonchev–Trinajstić information content (AvgIpc) is 2.71. The second kappa shape index (κ2) is 10.2. The Hall–Kier alpha value is -2.71. The van der Waals surface area contributed by atoms with Crippen molar-refractivity contribution in [3.05, 3.63) is 60.2 Å². The lowest BCUT2D eigenvalue weighted by atomic mass is 9.92. The van der Waals surface area contributed by atoms with Crippen LogP contribution in [-0.4, -0.2) is 48.4 Å².